The maximum atomic E-state index is 13.8. The number of aromatic amines is 1. The zero-order valence-electron chi connectivity index (χ0n) is 20.7. The van der Waals surface area contributed by atoms with Crippen molar-refractivity contribution in [1.82, 2.24) is 25.2 Å². The third kappa shape index (κ3) is 7.10. The van der Waals surface area contributed by atoms with E-state index < -0.39 is 29.2 Å². The van der Waals surface area contributed by atoms with Gasteiger partial charge in [0.1, 0.15) is 28.8 Å². The molecule has 2 aromatic heterocycles. The molecular weight excluding hydrogens is 500 g/mol. The molecule has 0 fully saturated rings. The number of hydrogen-bond donors (Lipinski definition) is 2. The second kappa shape index (κ2) is 11.0. The fourth-order valence-corrected chi connectivity index (χ4v) is 4.28. The average Bonchev–Trinajstić information content (AvgIpc) is 3.46. The lowest BCUT2D eigenvalue weighted by Gasteiger charge is -2.26. The second-order valence-electron chi connectivity index (χ2n) is 9.40. The van der Waals surface area contributed by atoms with Gasteiger partial charge in [0, 0.05) is 36.5 Å². The highest BCUT2D eigenvalue weighted by molar-refractivity contribution is 7.09. The molecular formula is C26H27F2N5O3S. The van der Waals surface area contributed by atoms with Gasteiger partial charge in [0.15, 0.2) is 0 Å². The van der Waals surface area contributed by atoms with Crippen LogP contribution in [0.1, 0.15) is 47.7 Å². The van der Waals surface area contributed by atoms with Gasteiger partial charge in [-0.3, -0.25) is 4.79 Å². The van der Waals surface area contributed by atoms with E-state index in [-0.39, 0.29) is 24.3 Å². The highest BCUT2D eigenvalue weighted by Gasteiger charge is 2.24. The van der Waals surface area contributed by atoms with Gasteiger partial charge in [0.2, 0.25) is 0 Å². The Morgan fingerprint density at radius 1 is 1.14 bits per heavy atom. The third-order valence-electron chi connectivity index (χ3n) is 5.27. The van der Waals surface area contributed by atoms with E-state index in [1.165, 1.54) is 17.4 Å². The van der Waals surface area contributed by atoms with Gasteiger partial charge in [-0.05, 0) is 39.0 Å². The number of thiazole rings is 1. The number of amides is 2. The summed E-state index contributed by atoms with van der Waals surface area (Å²) in [6.45, 7) is 5.81. The summed E-state index contributed by atoms with van der Waals surface area (Å²) in [5.74, 6) is -1.26. The molecule has 0 aliphatic heterocycles. The number of aromatic nitrogens is 3. The number of nitrogens with one attached hydrogen (secondary N) is 2. The maximum Gasteiger partial charge on any atom is 0.410 e. The van der Waals surface area contributed by atoms with Crippen LogP contribution in [-0.4, -0.2) is 44.0 Å². The number of imidazole rings is 1. The third-order valence-corrected chi connectivity index (χ3v) is 6.17. The van der Waals surface area contributed by atoms with Crippen molar-refractivity contribution < 1.29 is 23.1 Å². The van der Waals surface area contributed by atoms with Crippen LogP contribution in [0.25, 0.3) is 11.0 Å². The Hall–Kier alpha value is -3.86. The summed E-state index contributed by atoms with van der Waals surface area (Å²) in [7, 11) is 0. The minimum atomic E-state index is -0.731. The Kier molecular flexibility index (Phi) is 7.82. The van der Waals surface area contributed by atoms with E-state index in [0.717, 1.165) is 23.2 Å². The van der Waals surface area contributed by atoms with Gasteiger partial charge in [-0.2, -0.15) is 0 Å². The van der Waals surface area contributed by atoms with E-state index in [9.17, 15) is 18.4 Å². The molecule has 4 aromatic rings. The molecule has 2 aromatic carbocycles. The molecule has 0 spiro atoms. The molecule has 2 N–H and O–H groups in total. The predicted molar refractivity (Wildman–Crippen MR) is 136 cm³/mol. The molecule has 0 aliphatic carbocycles. The topological polar surface area (TPSA) is 100 Å². The van der Waals surface area contributed by atoms with E-state index in [2.05, 4.69) is 20.3 Å². The number of H-pyrrole nitrogens is 1. The highest BCUT2D eigenvalue weighted by Crippen LogP contribution is 2.17. The van der Waals surface area contributed by atoms with Gasteiger partial charge in [0.05, 0.1) is 22.6 Å². The van der Waals surface area contributed by atoms with Gasteiger partial charge in [-0.15, -0.1) is 11.3 Å². The van der Waals surface area contributed by atoms with E-state index in [0.29, 0.717) is 23.8 Å². The van der Waals surface area contributed by atoms with Crippen LogP contribution in [0.3, 0.4) is 0 Å². The Balaban J connectivity index is 1.40. The van der Waals surface area contributed by atoms with Crippen molar-refractivity contribution in [2.75, 3.05) is 6.54 Å². The first-order valence-corrected chi connectivity index (χ1v) is 12.5. The van der Waals surface area contributed by atoms with Gasteiger partial charge in [-0.1, -0.05) is 18.2 Å². The molecule has 8 nitrogen and oxygen atoms in total. The smallest absolute Gasteiger partial charge is 0.410 e. The normalized spacial score (nSPS) is 11.5. The molecule has 37 heavy (non-hydrogen) atoms. The molecule has 194 valence electrons. The number of fused-ring (bicyclic) bond motifs is 1. The molecule has 0 saturated heterocycles. The number of nitrogens with zero attached hydrogens (tertiary/aromatic N) is 3. The summed E-state index contributed by atoms with van der Waals surface area (Å²) >= 11 is 1.28. The van der Waals surface area contributed by atoms with Crippen LogP contribution in [0.15, 0.2) is 47.8 Å². The number of carbonyl (C=O) groups is 2. The number of hydrogen-bond acceptors (Lipinski definition) is 6. The van der Waals surface area contributed by atoms with Gasteiger partial charge in [-0.25, -0.2) is 23.5 Å². The zero-order chi connectivity index (χ0) is 26.6. The van der Waals surface area contributed by atoms with Gasteiger partial charge in [0.25, 0.3) is 5.91 Å². The van der Waals surface area contributed by atoms with Crippen LogP contribution in [0.2, 0.25) is 0 Å². The first kappa shape index (κ1) is 26.2. The second-order valence-corrected chi connectivity index (χ2v) is 10.3. The first-order chi connectivity index (χ1) is 17.6. The summed E-state index contributed by atoms with van der Waals surface area (Å²) in [4.78, 5) is 39.1. The monoisotopic (exact) mass is 527 g/mol. The van der Waals surface area contributed by atoms with Crippen molar-refractivity contribution in [1.29, 1.82) is 0 Å². The molecule has 0 atom stereocenters. The van der Waals surface area contributed by atoms with Crippen molar-refractivity contribution in [2.24, 2.45) is 0 Å². The minimum absolute atomic E-state index is 0.0955. The van der Waals surface area contributed by atoms with Crippen molar-refractivity contribution in [3.8, 4) is 0 Å². The molecule has 0 unspecified atom stereocenters. The summed E-state index contributed by atoms with van der Waals surface area (Å²) in [5, 5.41) is 4.84. The van der Waals surface area contributed by atoms with Crippen molar-refractivity contribution >= 4 is 34.4 Å². The largest absolute Gasteiger partial charge is 0.444 e. The maximum absolute atomic E-state index is 13.8. The van der Waals surface area contributed by atoms with E-state index in [1.807, 2.05) is 24.3 Å². The van der Waals surface area contributed by atoms with Crippen LogP contribution < -0.4 is 5.32 Å². The number of para-hydroxylation sites is 2. The van der Waals surface area contributed by atoms with Crippen molar-refractivity contribution in [3.05, 3.63) is 81.6 Å². The number of halogens is 2. The quantitative estimate of drug-likeness (QED) is 0.328. The highest BCUT2D eigenvalue weighted by atomic mass is 32.1. The SMILES string of the molecule is CC(C)(C)OC(=O)N(CCc1nc(C(=O)NCc2ccc(F)cc2F)cs1)Cc1nc2ccccc2[nH]1. The molecule has 0 aliphatic rings. The molecule has 0 saturated carbocycles. The van der Waals surface area contributed by atoms with Crippen molar-refractivity contribution in [2.45, 2.75) is 45.9 Å². The van der Waals surface area contributed by atoms with Gasteiger partial charge >= 0.3 is 6.09 Å². The predicted octanol–water partition coefficient (Wildman–Crippen LogP) is 5.21. The summed E-state index contributed by atoms with van der Waals surface area (Å²) in [6.07, 6.45) is -0.0897. The van der Waals surface area contributed by atoms with E-state index >= 15 is 0 Å². The fraction of sp³-hybridized carbons (Fsp3) is 0.308. The molecule has 0 radical (unpaired) electrons. The van der Waals surface area contributed by atoms with E-state index in [1.54, 1.807) is 31.1 Å². The lowest BCUT2D eigenvalue weighted by Crippen LogP contribution is -2.38. The Morgan fingerprint density at radius 2 is 1.92 bits per heavy atom. The standard InChI is InChI=1S/C26H27F2N5O3S/c1-26(2,3)36-25(35)33(14-22-30-19-6-4-5-7-20(19)31-22)11-10-23-32-21(15-37-23)24(34)29-13-16-8-9-17(27)12-18(16)28/h4-9,12,15H,10-11,13-14H2,1-3H3,(H,29,34)(H,30,31). The lowest BCUT2D eigenvalue weighted by molar-refractivity contribution is 0.0231. The molecule has 4 rings (SSSR count). The van der Waals surface area contributed by atoms with Crippen LogP contribution >= 0.6 is 11.3 Å². The van der Waals surface area contributed by atoms with Crippen LogP contribution in [0, 0.1) is 11.6 Å². The Bertz CT molecular complexity index is 1380. The average molecular weight is 528 g/mol. The van der Waals surface area contributed by atoms with E-state index in [4.69, 9.17) is 4.74 Å². The lowest BCUT2D eigenvalue weighted by atomic mass is 10.2. The number of benzene rings is 2. The van der Waals surface area contributed by atoms with Crippen LogP contribution in [0.4, 0.5) is 13.6 Å². The minimum Gasteiger partial charge on any atom is -0.444 e. The van der Waals surface area contributed by atoms with Crippen LogP contribution in [-0.2, 0) is 24.2 Å². The first-order valence-electron chi connectivity index (χ1n) is 11.7. The van der Waals surface area contributed by atoms with Crippen LogP contribution in [0.5, 0.6) is 0 Å². The summed E-state index contributed by atoms with van der Waals surface area (Å²) < 4.78 is 32.5. The Labute approximate surface area is 216 Å². The molecule has 2 heterocycles. The molecule has 0 bridgehead atoms. The number of rotatable bonds is 8. The number of carbonyl (C=O) groups excluding carboxylic acids is 2. The summed E-state index contributed by atoms with van der Waals surface area (Å²) in [6, 6.07) is 10.8. The molecule has 11 heteroatoms. The summed E-state index contributed by atoms with van der Waals surface area (Å²) in [5.41, 5.74) is 1.36. The molecule has 2 amide bonds. The zero-order valence-corrected chi connectivity index (χ0v) is 21.5. The fourth-order valence-electron chi connectivity index (χ4n) is 3.51. The van der Waals surface area contributed by atoms with Gasteiger partial charge < -0.3 is 19.9 Å². The number of ether oxygens (including phenoxy) is 1. The Morgan fingerprint density at radius 3 is 2.65 bits per heavy atom. The van der Waals surface area contributed by atoms with Crippen molar-refractivity contribution in [3.63, 3.8) is 0 Å².